The summed E-state index contributed by atoms with van der Waals surface area (Å²) in [4.78, 5) is 25.7. The van der Waals surface area contributed by atoms with E-state index in [4.69, 9.17) is 14.2 Å². The lowest BCUT2D eigenvalue weighted by molar-refractivity contribution is -0.141. The second-order valence-corrected chi connectivity index (χ2v) is 15.4. The second kappa shape index (κ2) is 13.5. The molecule has 0 unspecified atom stereocenters. The van der Waals surface area contributed by atoms with E-state index in [0.29, 0.717) is 12.2 Å². The Bertz CT molecular complexity index is 1280. The maximum atomic E-state index is 12.1. The minimum atomic E-state index is -1.68. The topological polar surface area (TPSA) is 65.1 Å². The molecule has 0 bridgehead atoms. The van der Waals surface area contributed by atoms with Gasteiger partial charge in [-0.25, -0.2) is 4.79 Å². The fraction of sp³-hybridized carbons (Fsp3) is 0.375. The van der Waals surface area contributed by atoms with Crippen LogP contribution in [0.15, 0.2) is 60.7 Å². The van der Waals surface area contributed by atoms with Gasteiger partial charge in [0.05, 0.1) is 20.2 Å². The van der Waals surface area contributed by atoms with Crippen LogP contribution < -0.4 is 14.8 Å². The maximum Gasteiger partial charge on any atom is 0.338 e. The van der Waals surface area contributed by atoms with Crippen molar-refractivity contribution in [1.29, 1.82) is 0 Å². The number of ether oxygens (including phenoxy) is 3. The minimum absolute atomic E-state index is 0.187. The first-order valence-corrected chi connectivity index (χ1v) is 17.2. The highest BCUT2D eigenvalue weighted by atomic mass is 28.3. The van der Waals surface area contributed by atoms with E-state index in [-0.39, 0.29) is 25.2 Å². The molecule has 0 amide bonds. The van der Waals surface area contributed by atoms with Crippen molar-refractivity contribution >= 4 is 30.9 Å². The smallest absolute Gasteiger partial charge is 0.338 e. The van der Waals surface area contributed by atoms with E-state index in [0.717, 1.165) is 41.1 Å². The largest absolute Gasteiger partial charge is 0.489 e. The molecule has 3 aromatic rings. The molecule has 6 nitrogen and oxygen atoms in total. The SMILES string of the molecule is CCOC(=O)c1ccc(-c2ccc(OCCOC(C)=O)c(-c3ccc(N(CC)CC)c([Si](C)(C)C)c3)c2)cc1. The zero-order chi connectivity index (χ0) is 28.6. The zero-order valence-corrected chi connectivity index (χ0v) is 25.3. The zero-order valence-electron chi connectivity index (χ0n) is 24.3. The molecule has 0 aliphatic heterocycles. The molecule has 0 N–H and O–H groups in total. The third kappa shape index (κ3) is 7.73. The highest BCUT2D eigenvalue weighted by Crippen LogP contribution is 2.36. The van der Waals surface area contributed by atoms with E-state index < -0.39 is 8.07 Å². The van der Waals surface area contributed by atoms with Crippen molar-refractivity contribution in [3.05, 3.63) is 66.2 Å². The molecule has 7 heteroatoms. The fourth-order valence-corrected chi connectivity index (χ4v) is 6.15. The molecule has 0 aliphatic rings. The number of nitrogens with zero attached hydrogens (tertiary/aromatic N) is 1. The second-order valence-electron chi connectivity index (χ2n) is 10.4. The van der Waals surface area contributed by atoms with Crippen LogP contribution in [0.4, 0.5) is 5.69 Å². The van der Waals surface area contributed by atoms with Gasteiger partial charge in [0, 0.05) is 31.3 Å². The van der Waals surface area contributed by atoms with Gasteiger partial charge in [-0.15, -0.1) is 0 Å². The van der Waals surface area contributed by atoms with E-state index in [2.05, 4.69) is 62.7 Å². The molecular formula is C32H41NO5Si. The van der Waals surface area contributed by atoms with E-state index in [1.807, 2.05) is 24.3 Å². The van der Waals surface area contributed by atoms with Crippen molar-refractivity contribution < 1.29 is 23.8 Å². The molecule has 0 radical (unpaired) electrons. The number of benzene rings is 3. The van der Waals surface area contributed by atoms with Gasteiger partial charge in [0.15, 0.2) is 0 Å². The lowest BCUT2D eigenvalue weighted by Crippen LogP contribution is -2.42. The van der Waals surface area contributed by atoms with Crippen molar-refractivity contribution in [2.24, 2.45) is 0 Å². The third-order valence-corrected chi connectivity index (χ3v) is 8.59. The lowest BCUT2D eigenvalue weighted by Gasteiger charge is -2.30. The van der Waals surface area contributed by atoms with Crippen LogP contribution in [0.3, 0.4) is 0 Å². The predicted octanol–water partition coefficient (Wildman–Crippen LogP) is 6.53. The Morgan fingerprint density at radius 2 is 1.41 bits per heavy atom. The van der Waals surface area contributed by atoms with Gasteiger partial charge in [-0.1, -0.05) is 50.0 Å². The van der Waals surface area contributed by atoms with Crippen LogP contribution in [0, 0.1) is 0 Å². The summed E-state index contributed by atoms with van der Waals surface area (Å²) in [5.41, 5.74) is 5.87. The van der Waals surface area contributed by atoms with Crippen LogP contribution in [0.2, 0.25) is 19.6 Å². The van der Waals surface area contributed by atoms with Gasteiger partial charge >= 0.3 is 11.9 Å². The summed E-state index contributed by atoms with van der Waals surface area (Å²) >= 11 is 0. The van der Waals surface area contributed by atoms with Crippen molar-refractivity contribution in [3.8, 4) is 28.0 Å². The van der Waals surface area contributed by atoms with Crippen LogP contribution in [0.5, 0.6) is 5.75 Å². The van der Waals surface area contributed by atoms with Gasteiger partial charge < -0.3 is 19.1 Å². The maximum absolute atomic E-state index is 12.1. The Hall–Kier alpha value is -3.58. The van der Waals surface area contributed by atoms with Crippen molar-refractivity contribution in [2.75, 3.05) is 37.8 Å². The number of esters is 2. The van der Waals surface area contributed by atoms with Crippen LogP contribution in [0.1, 0.15) is 38.1 Å². The molecule has 0 saturated carbocycles. The van der Waals surface area contributed by atoms with Gasteiger partial charge in [-0.3, -0.25) is 4.79 Å². The van der Waals surface area contributed by atoms with Gasteiger partial charge in [0.25, 0.3) is 0 Å². The molecule has 0 aromatic heterocycles. The molecular weight excluding hydrogens is 506 g/mol. The summed E-state index contributed by atoms with van der Waals surface area (Å²) in [6, 6.07) is 20.3. The quantitative estimate of drug-likeness (QED) is 0.146. The summed E-state index contributed by atoms with van der Waals surface area (Å²) < 4.78 is 16.3. The van der Waals surface area contributed by atoms with E-state index in [1.54, 1.807) is 19.1 Å². The van der Waals surface area contributed by atoms with E-state index >= 15 is 0 Å². The van der Waals surface area contributed by atoms with Gasteiger partial charge in [0.2, 0.25) is 0 Å². The third-order valence-electron chi connectivity index (χ3n) is 6.57. The number of carbonyl (C=O) groups is 2. The molecule has 0 saturated heterocycles. The molecule has 39 heavy (non-hydrogen) atoms. The molecule has 0 fully saturated rings. The predicted molar refractivity (Wildman–Crippen MR) is 162 cm³/mol. The Labute approximate surface area is 233 Å². The molecule has 0 atom stereocenters. The molecule has 208 valence electrons. The average molecular weight is 548 g/mol. The molecule has 0 spiro atoms. The summed E-state index contributed by atoms with van der Waals surface area (Å²) in [6.07, 6.45) is 0. The van der Waals surface area contributed by atoms with Gasteiger partial charge in [-0.05, 0) is 73.0 Å². The monoisotopic (exact) mass is 547 g/mol. The molecule has 0 aliphatic carbocycles. The Kier molecular flexibility index (Phi) is 10.3. The highest BCUT2D eigenvalue weighted by Gasteiger charge is 2.24. The molecule has 3 aromatic carbocycles. The summed E-state index contributed by atoms with van der Waals surface area (Å²) in [6.45, 7) is 17.4. The molecule has 0 heterocycles. The standard InChI is InChI=1S/C32H41NO5Si/c1-8-33(9-2)29-17-15-27(22-31(29)39(5,6)7)28-21-26(16-18-30(28)38-20-19-37-23(4)34)24-11-13-25(14-12-24)32(35)36-10-3/h11-18,21-22H,8-10,19-20H2,1-7H3. The molecule has 3 rings (SSSR count). The lowest BCUT2D eigenvalue weighted by atomic mass is 9.97. The van der Waals surface area contributed by atoms with Crippen LogP contribution >= 0.6 is 0 Å². The number of hydrogen-bond acceptors (Lipinski definition) is 6. The van der Waals surface area contributed by atoms with Gasteiger partial charge in [-0.2, -0.15) is 0 Å². The van der Waals surface area contributed by atoms with E-state index in [1.165, 1.54) is 17.8 Å². The number of hydrogen-bond donors (Lipinski definition) is 0. The highest BCUT2D eigenvalue weighted by molar-refractivity contribution is 6.89. The minimum Gasteiger partial charge on any atom is -0.489 e. The number of carbonyl (C=O) groups excluding carboxylic acids is 2. The first kappa shape index (κ1) is 30.0. The Balaban J connectivity index is 2.08. The van der Waals surface area contributed by atoms with Crippen molar-refractivity contribution in [1.82, 2.24) is 0 Å². The summed E-state index contributed by atoms with van der Waals surface area (Å²) in [7, 11) is -1.68. The number of anilines is 1. The van der Waals surface area contributed by atoms with Crippen LogP contribution in [-0.4, -0.2) is 52.9 Å². The van der Waals surface area contributed by atoms with Crippen LogP contribution in [-0.2, 0) is 14.3 Å². The van der Waals surface area contributed by atoms with E-state index in [9.17, 15) is 9.59 Å². The first-order valence-electron chi connectivity index (χ1n) is 13.7. The van der Waals surface area contributed by atoms with Crippen molar-refractivity contribution in [3.63, 3.8) is 0 Å². The summed E-state index contributed by atoms with van der Waals surface area (Å²) in [5, 5.41) is 1.40. The van der Waals surface area contributed by atoms with Gasteiger partial charge in [0.1, 0.15) is 19.0 Å². The fourth-order valence-electron chi connectivity index (χ4n) is 4.56. The first-order chi connectivity index (χ1) is 18.6. The summed E-state index contributed by atoms with van der Waals surface area (Å²) in [5.74, 6) is 0.0757. The Morgan fingerprint density at radius 1 is 0.769 bits per heavy atom. The van der Waals surface area contributed by atoms with Crippen molar-refractivity contribution in [2.45, 2.75) is 47.3 Å². The average Bonchev–Trinajstić information content (AvgIpc) is 2.91. The number of rotatable bonds is 12. The Morgan fingerprint density at radius 3 is 2.00 bits per heavy atom. The van der Waals surface area contributed by atoms with Crippen LogP contribution in [0.25, 0.3) is 22.3 Å². The normalized spacial score (nSPS) is 11.2.